The van der Waals surface area contributed by atoms with Crippen LogP contribution in [0.4, 0.5) is 0 Å². The molecule has 0 spiro atoms. The molecule has 0 saturated carbocycles. The Balaban J connectivity index is 2.18. The molecule has 2 aromatic carbocycles. The summed E-state index contributed by atoms with van der Waals surface area (Å²) in [7, 11) is 0. The van der Waals surface area contributed by atoms with Gasteiger partial charge >= 0.3 is 0 Å². The summed E-state index contributed by atoms with van der Waals surface area (Å²) in [6.07, 6.45) is 7.70. The standard InChI is InChI=1S/C19H25PS/c1-2-3-4-5-12-17-20(21,18-13-8-6-9-14-18)19-15-10-7-11-16-19/h6-11,13-16H,2-5,12,17H2,1H3. The molecule has 0 aliphatic carbocycles. The van der Waals surface area contributed by atoms with E-state index >= 15 is 0 Å². The molecule has 21 heavy (non-hydrogen) atoms. The molecular weight excluding hydrogens is 291 g/mol. The van der Waals surface area contributed by atoms with Crippen molar-refractivity contribution in [3.63, 3.8) is 0 Å². The van der Waals surface area contributed by atoms with Crippen LogP contribution < -0.4 is 10.6 Å². The van der Waals surface area contributed by atoms with Crippen LogP contribution in [0.2, 0.25) is 0 Å². The third-order valence-corrected chi connectivity index (χ3v) is 8.95. The van der Waals surface area contributed by atoms with E-state index in [0.717, 1.165) is 6.16 Å². The fourth-order valence-electron chi connectivity index (χ4n) is 2.68. The van der Waals surface area contributed by atoms with Crippen LogP contribution in [0.25, 0.3) is 0 Å². The van der Waals surface area contributed by atoms with E-state index in [2.05, 4.69) is 67.6 Å². The van der Waals surface area contributed by atoms with Crippen molar-refractivity contribution in [2.75, 3.05) is 6.16 Å². The number of unbranched alkanes of at least 4 members (excludes halogenated alkanes) is 4. The molecule has 0 N–H and O–H groups in total. The van der Waals surface area contributed by atoms with Crippen molar-refractivity contribution in [2.24, 2.45) is 0 Å². The highest BCUT2D eigenvalue weighted by Gasteiger charge is 2.21. The van der Waals surface area contributed by atoms with Gasteiger partial charge < -0.3 is 0 Å². The summed E-state index contributed by atoms with van der Waals surface area (Å²) < 4.78 is 0. The lowest BCUT2D eigenvalue weighted by atomic mass is 10.2. The predicted molar refractivity (Wildman–Crippen MR) is 100 cm³/mol. The number of rotatable bonds is 8. The highest BCUT2D eigenvalue weighted by molar-refractivity contribution is 8.21. The minimum Gasteiger partial charge on any atom is -0.0876 e. The SMILES string of the molecule is CCCCCCCP(=S)(c1ccccc1)c1ccccc1. The lowest BCUT2D eigenvalue weighted by Crippen LogP contribution is -2.18. The number of benzene rings is 2. The molecule has 0 aromatic heterocycles. The number of hydrogen-bond acceptors (Lipinski definition) is 1. The van der Waals surface area contributed by atoms with Crippen LogP contribution >= 0.6 is 6.04 Å². The van der Waals surface area contributed by atoms with Crippen LogP contribution in [0, 0.1) is 0 Å². The van der Waals surface area contributed by atoms with Crippen LogP contribution in [0.15, 0.2) is 60.7 Å². The highest BCUT2D eigenvalue weighted by Crippen LogP contribution is 2.44. The van der Waals surface area contributed by atoms with Crippen molar-refractivity contribution in [2.45, 2.75) is 39.0 Å². The minimum atomic E-state index is -1.64. The van der Waals surface area contributed by atoms with Crippen LogP contribution in [0.1, 0.15) is 39.0 Å². The van der Waals surface area contributed by atoms with E-state index in [0.29, 0.717) is 0 Å². The van der Waals surface area contributed by atoms with E-state index in [9.17, 15) is 0 Å². The molecule has 0 heterocycles. The quantitative estimate of drug-likeness (QED) is 0.483. The zero-order chi connectivity index (χ0) is 15.0. The molecule has 0 aliphatic heterocycles. The van der Waals surface area contributed by atoms with Crippen molar-refractivity contribution >= 4 is 28.5 Å². The lowest BCUT2D eigenvalue weighted by molar-refractivity contribution is 0.658. The van der Waals surface area contributed by atoms with Crippen molar-refractivity contribution < 1.29 is 0 Å². The van der Waals surface area contributed by atoms with E-state index in [1.807, 2.05) is 0 Å². The lowest BCUT2D eigenvalue weighted by Gasteiger charge is -2.23. The maximum absolute atomic E-state index is 6.22. The Bertz CT molecular complexity index is 519. The van der Waals surface area contributed by atoms with Gasteiger partial charge in [-0.3, -0.25) is 0 Å². The second-order valence-electron chi connectivity index (χ2n) is 5.55. The van der Waals surface area contributed by atoms with Gasteiger partial charge in [-0.1, -0.05) is 105 Å². The second-order valence-corrected chi connectivity index (χ2v) is 10.4. The first-order valence-corrected chi connectivity index (χ1v) is 11.0. The summed E-state index contributed by atoms with van der Waals surface area (Å²) in [4.78, 5) is 0. The highest BCUT2D eigenvalue weighted by atomic mass is 32.4. The van der Waals surface area contributed by atoms with Crippen molar-refractivity contribution in [3.05, 3.63) is 60.7 Å². The molecule has 0 aliphatic rings. The summed E-state index contributed by atoms with van der Waals surface area (Å²) in [5.74, 6) is 0. The minimum absolute atomic E-state index is 1.15. The van der Waals surface area contributed by atoms with Crippen LogP contribution in [0.5, 0.6) is 0 Å². The molecule has 112 valence electrons. The van der Waals surface area contributed by atoms with Crippen LogP contribution in [-0.2, 0) is 11.8 Å². The third-order valence-electron chi connectivity index (χ3n) is 3.92. The Morgan fingerprint density at radius 1 is 0.714 bits per heavy atom. The Labute approximate surface area is 134 Å². The first kappa shape index (κ1) is 16.5. The molecule has 0 fully saturated rings. The van der Waals surface area contributed by atoms with Crippen molar-refractivity contribution in [3.8, 4) is 0 Å². The monoisotopic (exact) mass is 316 g/mol. The molecule has 2 heteroatoms. The average Bonchev–Trinajstić information content (AvgIpc) is 2.56. The summed E-state index contributed by atoms with van der Waals surface area (Å²) in [5.41, 5.74) is 0. The Morgan fingerprint density at radius 2 is 1.19 bits per heavy atom. The van der Waals surface area contributed by atoms with E-state index in [1.165, 1.54) is 42.7 Å². The van der Waals surface area contributed by atoms with Crippen molar-refractivity contribution in [1.82, 2.24) is 0 Å². The van der Waals surface area contributed by atoms with E-state index < -0.39 is 6.04 Å². The first-order chi connectivity index (χ1) is 10.3. The molecule has 2 aromatic rings. The fourth-order valence-corrected chi connectivity index (χ4v) is 6.59. The van der Waals surface area contributed by atoms with Gasteiger partial charge in [0.2, 0.25) is 0 Å². The molecule has 0 unspecified atom stereocenters. The average molecular weight is 316 g/mol. The molecule has 0 saturated heterocycles. The van der Waals surface area contributed by atoms with Gasteiger partial charge in [-0.25, -0.2) is 0 Å². The molecule has 0 radical (unpaired) electrons. The molecule has 0 atom stereocenters. The van der Waals surface area contributed by atoms with Gasteiger partial charge in [0.1, 0.15) is 0 Å². The number of hydrogen-bond donors (Lipinski definition) is 0. The Morgan fingerprint density at radius 3 is 1.67 bits per heavy atom. The van der Waals surface area contributed by atoms with E-state index in [1.54, 1.807) is 0 Å². The summed E-state index contributed by atoms with van der Waals surface area (Å²) >= 11 is 6.22. The molecular formula is C19H25PS. The van der Waals surface area contributed by atoms with Crippen molar-refractivity contribution in [1.29, 1.82) is 0 Å². The molecule has 0 amide bonds. The van der Waals surface area contributed by atoms with Gasteiger partial charge in [0.25, 0.3) is 0 Å². The topological polar surface area (TPSA) is 0 Å². The van der Waals surface area contributed by atoms with Gasteiger partial charge in [0, 0.05) is 6.04 Å². The molecule has 2 rings (SSSR count). The van der Waals surface area contributed by atoms with E-state index in [4.69, 9.17) is 11.8 Å². The zero-order valence-electron chi connectivity index (χ0n) is 12.9. The van der Waals surface area contributed by atoms with Crippen LogP contribution in [0.3, 0.4) is 0 Å². The van der Waals surface area contributed by atoms with Gasteiger partial charge in [-0.05, 0) is 23.2 Å². The van der Waals surface area contributed by atoms with Gasteiger partial charge in [-0.15, -0.1) is 0 Å². The largest absolute Gasteiger partial charge is 0.0876 e. The maximum atomic E-state index is 6.22. The summed E-state index contributed by atoms with van der Waals surface area (Å²) in [6.45, 7) is 2.26. The smallest absolute Gasteiger partial charge is 0.0106 e. The summed E-state index contributed by atoms with van der Waals surface area (Å²) in [5, 5.41) is 2.73. The Hall–Kier alpha value is -0.910. The first-order valence-electron chi connectivity index (χ1n) is 7.97. The van der Waals surface area contributed by atoms with Gasteiger partial charge in [0.15, 0.2) is 0 Å². The van der Waals surface area contributed by atoms with E-state index in [-0.39, 0.29) is 0 Å². The summed E-state index contributed by atoms with van der Waals surface area (Å²) in [6, 6.07) is 19.9. The van der Waals surface area contributed by atoms with Gasteiger partial charge in [-0.2, -0.15) is 0 Å². The third kappa shape index (κ3) is 4.53. The zero-order valence-corrected chi connectivity index (χ0v) is 14.6. The molecule has 0 bridgehead atoms. The molecule has 0 nitrogen and oxygen atoms in total. The second kappa shape index (κ2) is 8.51. The fraction of sp³-hybridized carbons (Fsp3) is 0.368. The predicted octanol–water partition coefficient (Wildman–Crippen LogP) is 5.09. The van der Waals surface area contributed by atoms with Crippen LogP contribution in [-0.4, -0.2) is 6.16 Å². The van der Waals surface area contributed by atoms with Gasteiger partial charge in [0.05, 0.1) is 0 Å². The maximum Gasteiger partial charge on any atom is 0.0106 e. The normalized spacial score (nSPS) is 11.5. The Kier molecular flexibility index (Phi) is 6.67.